The molecule has 0 heterocycles. The molecule has 0 spiro atoms. The monoisotopic (exact) mass is 316 g/mol. The molecule has 23 heavy (non-hydrogen) atoms. The first-order valence-electron chi connectivity index (χ1n) is 8.48. The van der Waals surface area contributed by atoms with Crippen molar-refractivity contribution < 1.29 is 14.6 Å². The molecule has 1 aromatic carbocycles. The van der Waals surface area contributed by atoms with E-state index in [0.717, 1.165) is 25.0 Å². The number of methoxy groups -OCH3 is 1. The van der Waals surface area contributed by atoms with Gasteiger partial charge in [-0.3, -0.25) is 4.79 Å². The van der Waals surface area contributed by atoms with Crippen LogP contribution in [0.25, 0.3) is 0 Å². The van der Waals surface area contributed by atoms with Crippen LogP contribution >= 0.6 is 0 Å². The van der Waals surface area contributed by atoms with Crippen LogP contribution in [0, 0.1) is 11.3 Å². The number of hydrogen-bond acceptors (Lipinski definition) is 3. The minimum Gasteiger partial charge on any atom is -0.501 e. The molecular formula is C20H28O3. The molecule has 3 heteroatoms. The molecule has 0 aromatic heterocycles. The van der Waals surface area contributed by atoms with Gasteiger partial charge in [0.1, 0.15) is 0 Å². The molecule has 0 radical (unpaired) electrons. The average Bonchev–Trinajstić information content (AvgIpc) is 2.55. The normalized spacial score (nSPS) is 22.8. The highest BCUT2D eigenvalue weighted by Gasteiger charge is 2.40. The van der Waals surface area contributed by atoms with Gasteiger partial charge in [0.25, 0.3) is 0 Å². The molecule has 0 unspecified atom stereocenters. The van der Waals surface area contributed by atoms with Crippen molar-refractivity contribution >= 4 is 5.78 Å². The largest absolute Gasteiger partial charge is 0.501 e. The van der Waals surface area contributed by atoms with E-state index in [4.69, 9.17) is 4.74 Å². The number of aliphatic hydroxyl groups is 1. The van der Waals surface area contributed by atoms with Gasteiger partial charge in [0.15, 0.2) is 5.78 Å². The number of benzene rings is 1. The van der Waals surface area contributed by atoms with Crippen LogP contribution in [0.3, 0.4) is 0 Å². The predicted molar refractivity (Wildman–Crippen MR) is 92.0 cm³/mol. The molecule has 2 atom stereocenters. The third-order valence-electron chi connectivity index (χ3n) is 5.00. The molecular weight excluding hydrogens is 288 g/mol. The lowest BCUT2D eigenvalue weighted by Gasteiger charge is -2.36. The summed E-state index contributed by atoms with van der Waals surface area (Å²) in [5, 5.41) is 10.2. The Kier molecular flexibility index (Phi) is 6.00. The fourth-order valence-corrected chi connectivity index (χ4v) is 3.27. The van der Waals surface area contributed by atoms with Gasteiger partial charge in [0, 0.05) is 17.9 Å². The molecule has 0 saturated carbocycles. The first-order valence-corrected chi connectivity index (χ1v) is 8.48. The first-order chi connectivity index (χ1) is 11.0. The number of allylic oxidation sites excluding steroid dienone is 2. The van der Waals surface area contributed by atoms with Gasteiger partial charge in [-0.25, -0.2) is 0 Å². The van der Waals surface area contributed by atoms with Crippen LogP contribution in [0.2, 0.25) is 0 Å². The molecule has 0 saturated heterocycles. The molecule has 1 aromatic rings. The lowest BCUT2D eigenvalue weighted by atomic mass is 9.68. The molecule has 1 N–H and O–H groups in total. The van der Waals surface area contributed by atoms with Gasteiger partial charge in [-0.05, 0) is 37.2 Å². The zero-order valence-electron chi connectivity index (χ0n) is 14.4. The van der Waals surface area contributed by atoms with Crippen LogP contribution in [-0.4, -0.2) is 24.1 Å². The topological polar surface area (TPSA) is 46.5 Å². The fourth-order valence-electron chi connectivity index (χ4n) is 3.27. The Labute approximate surface area is 139 Å². The van der Waals surface area contributed by atoms with E-state index in [1.165, 1.54) is 5.56 Å². The number of ether oxygens (including phenoxy) is 1. The Morgan fingerprint density at radius 3 is 2.52 bits per heavy atom. The van der Waals surface area contributed by atoms with E-state index in [0.29, 0.717) is 12.8 Å². The van der Waals surface area contributed by atoms with E-state index in [1.807, 2.05) is 32.0 Å². The van der Waals surface area contributed by atoms with Crippen LogP contribution in [-0.2, 0) is 16.0 Å². The first kappa shape index (κ1) is 17.7. The summed E-state index contributed by atoms with van der Waals surface area (Å²) >= 11 is 0. The second kappa shape index (κ2) is 7.78. The Bertz CT molecular complexity index is 547. The van der Waals surface area contributed by atoms with Crippen LogP contribution in [0.1, 0.15) is 45.1 Å². The summed E-state index contributed by atoms with van der Waals surface area (Å²) in [4.78, 5) is 12.8. The number of aliphatic hydroxyl groups excluding tert-OH is 1. The molecule has 2 rings (SSSR count). The SMILES string of the molecule is COC1=CC(=O)[C@](CC[C@H](O)C(C)C)(Cc2ccccc2)CC1. The summed E-state index contributed by atoms with van der Waals surface area (Å²) in [6.45, 7) is 4.03. The number of carbonyl (C=O) groups is 1. The molecule has 3 nitrogen and oxygen atoms in total. The van der Waals surface area contributed by atoms with Crippen LogP contribution < -0.4 is 0 Å². The summed E-state index contributed by atoms with van der Waals surface area (Å²) < 4.78 is 5.26. The number of hydrogen-bond donors (Lipinski definition) is 1. The predicted octanol–water partition coefficient (Wildman–Crippen LogP) is 3.91. The number of carbonyl (C=O) groups excluding carboxylic acids is 1. The number of ketones is 1. The standard InChI is InChI=1S/C20H28O3/c1-15(2)18(21)10-12-20(14-16-7-5-4-6-8-16)11-9-17(23-3)13-19(20)22/h4-8,13,15,18,21H,9-12,14H2,1-3H3/t18-,20+/m0/s1. The van der Waals surface area contributed by atoms with Gasteiger partial charge in [-0.15, -0.1) is 0 Å². The summed E-state index contributed by atoms with van der Waals surface area (Å²) in [5.41, 5.74) is 0.758. The van der Waals surface area contributed by atoms with E-state index in [9.17, 15) is 9.90 Å². The van der Waals surface area contributed by atoms with Crippen LogP contribution in [0.5, 0.6) is 0 Å². The fraction of sp³-hybridized carbons (Fsp3) is 0.550. The van der Waals surface area contributed by atoms with Gasteiger partial charge in [-0.1, -0.05) is 44.2 Å². The maximum atomic E-state index is 12.8. The highest BCUT2D eigenvalue weighted by molar-refractivity contribution is 5.96. The maximum Gasteiger partial charge on any atom is 0.165 e. The van der Waals surface area contributed by atoms with Gasteiger partial charge in [0.2, 0.25) is 0 Å². The maximum absolute atomic E-state index is 12.8. The molecule has 0 fully saturated rings. The van der Waals surface area contributed by atoms with Crippen LogP contribution in [0.4, 0.5) is 0 Å². The number of rotatable bonds is 7. The Hall–Kier alpha value is -1.61. The van der Waals surface area contributed by atoms with Crippen molar-refractivity contribution in [1.82, 2.24) is 0 Å². The van der Waals surface area contributed by atoms with Gasteiger partial charge in [0.05, 0.1) is 19.0 Å². The Morgan fingerprint density at radius 1 is 1.26 bits per heavy atom. The van der Waals surface area contributed by atoms with Crippen molar-refractivity contribution in [1.29, 1.82) is 0 Å². The zero-order valence-corrected chi connectivity index (χ0v) is 14.4. The summed E-state index contributed by atoms with van der Waals surface area (Å²) in [6, 6.07) is 10.2. The van der Waals surface area contributed by atoms with Crippen molar-refractivity contribution in [2.45, 2.75) is 52.1 Å². The molecule has 1 aliphatic carbocycles. The van der Waals surface area contributed by atoms with Crippen molar-refractivity contribution in [2.24, 2.45) is 11.3 Å². The average molecular weight is 316 g/mol. The third kappa shape index (κ3) is 4.44. The minimum atomic E-state index is -0.417. The van der Waals surface area contributed by atoms with Gasteiger partial charge >= 0.3 is 0 Å². The lowest BCUT2D eigenvalue weighted by molar-refractivity contribution is -0.126. The summed E-state index contributed by atoms with van der Waals surface area (Å²) in [7, 11) is 1.62. The summed E-state index contributed by atoms with van der Waals surface area (Å²) in [6.07, 6.45) is 4.97. The smallest absolute Gasteiger partial charge is 0.165 e. The van der Waals surface area contributed by atoms with E-state index < -0.39 is 5.41 Å². The molecule has 1 aliphatic rings. The quantitative estimate of drug-likeness (QED) is 0.829. The van der Waals surface area contributed by atoms with Crippen LogP contribution in [0.15, 0.2) is 42.2 Å². The second-order valence-corrected chi connectivity index (χ2v) is 6.97. The van der Waals surface area contributed by atoms with Crippen molar-refractivity contribution in [3.8, 4) is 0 Å². The molecule has 0 aliphatic heterocycles. The van der Waals surface area contributed by atoms with E-state index in [1.54, 1.807) is 13.2 Å². The highest BCUT2D eigenvalue weighted by atomic mass is 16.5. The van der Waals surface area contributed by atoms with E-state index in [-0.39, 0.29) is 17.8 Å². The van der Waals surface area contributed by atoms with E-state index in [2.05, 4.69) is 12.1 Å². The second-order valence-electron chi connectivity index (χ2n) is 6.97. The molecule has 0 amide bonds. The van der Waals surface area contributed by atoms with Gasteiger partial charge in [-0.2, -0.15) is 0 Å². The Balaban J connectivity index is 2.21. The lowest BCUT2D eigenvalue weighted by Crippen LogP contribution is -2.37. The Morgan fingerprint density at radius 2 is 1.96 bits per heavy atom. The molecule has 126 valence electrons. The molecule has 0 bridgehead atoms. The summed E-state index contributed by atoms with van der Waals surface area (Å²) in [5.74, 6) is 1.12. The van der Waals surface area contributed by atoms with E-state index >= 15 is 0 Å². The minimum absolute atomic E-state index is 0.139. The van der Waals surface area contributed by atoms with Crippen molar-refractivity contribution in [2.75, 3.05) is 7.11 Å². The third-order valence-corrected chi connectivity index (χ3v) is 5.00. The van der Waals surface area contributed by atoms with Crippen molar-refractivity contribution in [3.05, 3.63) is 47.7 Å². The zero-order chi connectivity index (χ0) is 16.9. The van der Waals surface area contributed by atoms with Crippen molar-refractivity contribution in [3.63, 3.8) is 0 Å². The van der Waals surface area contributed by atoms with Gasteiger partial charge < -0.3 is 9.84 Å². The highest BCUT2D eigenvalue weighted by Crippen LogP contribution is 2.40.